The number of phenolic OH excluding ortho intramolecular Hbond substituents is 1. The van der Waals surface area contributed by atoms with Crippen LogP contribution in [0.3, 0.4) is 0 Å². The van der Waals surface area contributed by atoms with E-state index in [1.807, 2.05) is 13.0 Å². The van der Waals surface area contributed by atoms with Gasteiger partial charge in [0.15, 0.2) is 6.61 Å². The number of allylic oxidation sites excluding steroid dienone is 2. The van der Waals surface area contributed by atoms with E-state index in [0.29, 0.717) is 33.3 Å². The lowest BCUT2D eigenvalue weighted by molar-refractivity contribution is -0.139. The molecule has 0 saturated heterocycles. The Morgan fingerprint density at radius 3 is 2.50 bits per heavy atom. The summed E-state index contributed by atoms with van der Waals surface area (Å²) in [5.41, 5.74) is 2.71. The second kappa shape index (κ2) is 9.97. The Kier molecular flexibility index (Phi) is 7.67. The molecule has 2 rings (SSSR count). The first kappa shape index (κ1) is 21.5. The van der Waals surface area contributed by atoms with E-state index >= 15 is 0 Å². The van der Waals surface area contributed by atoms with Crippen LogP contribution in [0.4, 0.5) is 0 Å². The Hall–Kier alpha value is -2.76. The van der Waals surface area contributed by atoms with Crippen LogP contribution >= 0.6 is 23.2 Å². The molecule has 0 aliphatic carbocycles. The van der Waals surface area contributed by atoms with Gasteiger partial charge in [-0.05, 0) is 42.3 Å². The summed E-state index contributed by atoms with van der Waals surface area (Å²) in [4.78, 5) is 14.9. The lowest BCUT2D eigenvalue weighted by Gasteiger charge is -2.12. The predicted octanol–water partition coefficient (Wildman–Crippen LogP) is 5.37. The number of rotatable bonds is 8. The molecule has 0 amide bonds. The molecular weight excluding hydrogens is 401 g/mol. The van der Waals surface area contributed by atoms with Gasteiger partial charge in [0.25, 0.3) is 0 Å². The first-order valence-electron chi connectivity index (χ1n) is 8.31. The highest BCUT2D eigenvalue weighted by Gasteiger charge is 2.13. The van der Waals surface area contributed by atoms with E-state index in [1.165, 1.54) is 12.1 Å². The molecule has 0 unspecified atom stereocenters. The van der Waals surface area contributed by atoms with Crippen molar-refractivity contribution in [1.82, 2.24) is 0 Å². The summed E-state index contributed by atoms with van der Waals surface area (Å²) < 4.78 is 5.12. The Labute approximate surface area is 173 Å². The highest BCUT2D eigenvalue weighted by molar-refractivity contribution is 6.36. The predicted molar refractivity (Wildman–Crippen MR) is 113 cm³/mol. The number of benzene rings is 2. The van der Waals surface area contributed by atoms with Crippen molar-refractivity contribution >= 4 is 41.1 Å². The maximum atomic E-state index is 10.6. The van der Waals surface area contributed by atoms with Crippen LogP contribution in [-0.2, 0) is 11.2 Å². The molecule has 146 valence electrons. The van der Waals surface area contributed by atoms with Gasteiger partial charge in [-0.3, -0.25) is 4.99 Å². The van der Waals surface area contributed by atoms with Crippen molar-refractivity contribution in [2.45, 2.75) is 13.3 Å². The van der Waals surface area contributed by atoms with Crippen molar-refractivity contribution in [3.63, 3.8) is 0 Å². The van der Waals surface area contributed by atoms with Gasteiger partial charge < -0.3 is 14.9 Å². The van der Waals surface area contributed by atoms with E-state index in [9.17, 15) is 9.90 Å². The Bertz CT molecular complexity index is 928. The maximum absolute atomic E-state index is 10.6. The van der Waals surface area contributed by atoms with E-state index in [0.717, 1.165) is 5.56 Å². The quantitative estimate of drug-likeness (QED) is 0.563. The minimum atomic E-state index is -1.09. The molecule has 0 atom stereocenters. The van der Waals surface area contributed by atoms with E-state index in [1.54, 1.807) is 30.5 Å². The fourth-order valence-corrected chi connectivity index (χ4v) is 3.11. The van der Waals surface area contributed by atoms with Crippen LogP contribution in [0.1, 0.15) is 23.6 Å². The molecule has 2 aromatic carbocycles. The molecule has 7 heteroatoms. The van der Waals surface area contributed by atoms with E-state index in [4.69, 9.17) is 33.0 Å². The number of hydrogen-bond donors (Lipinski definition) is 2. The van der Waals surface area contributed by atoms with E-state index in [2.05, 4.69) is 11.6 Å². The number of aromatic hydroxyl groups is 1. The second-order valence-electron chi connectivity index (χ2n) is 5.76. The molecule has 0 aliphatic heterocycles. The van der Waals surface area contributed by atoms with Gasteiger partial charge >= 0.3 is 5.97 Å². The van der Waals surface area contributed by atoms with Crippen molar-refractivity contribution in [1.29, 1.82) is 0 Å². The van der Waals surface area contributed by atoms with Gasteiger partial charge in [0, 0.05) is 28.2 Å². The van der Waals surface area contributed by atoms with Crippen molar-refractivity contribution in [3.05, 3.63) is 75.8 Å². The lowest BCUT2D eigenvalue weighted by atomic mass is 10.0. The number of aliphatic imine (C=N–C) groups is 1. The second-order valence-corrected chi connectivity index (χ2v) is 6.58. The first-order chi connectivity index (χ1) is 13.3. The molecule has 2 aromatic rings. The normalized spacial score (nSPS) is 11.6. The summed E-state index contributed by atoms with van der Waals surface area (Å²) in [5.74, 6) is -0.706. The smallest absolute Gasteiger partial charge is 0.341 e. The zero-order valence-corrected chi connectivity index (χ0v) is 16.7. The number of carboxylic acids is 1. The molecule has 28 heavy (non-hydrogen) atoms. The van der Waals surface area contributed by atoms with Gasteiger partial charge in [-0.2, -0.15) is 0 Å². The Morgan fingerprint density at radius 2 is 1.93 bits per heavy atom. The number of aliphatic carboxylic acids is 1. The topological polar surface area (TPSA) is 79.1 Å². The summed E-state index contributed by atoms with van der Waals surface area (Å²) in [6.07, 6.45) is 5.29. The summed E-state index contributed by atoms with van der Waals surface area (Å²) >= 11 is 12.6. The average Bonchev–Trinajstić information content (AvgIpc) is 2.65. The summed E-state index contributed by atoms with van der Waals surface area (Å²) in [6.45, 7) is 4.94. The third-order valence-corrected chi connectivity index (χ3v) is 4.46. The molecule has 0 saturated carbocycles. The van der Waals surface area contributed by atoms with Gasteiger partial charge in [-0.1, -0.05) is 48.0 Å². The summed E-state index contributed by atoms with van der Waals surface area (Å²) in [6, 6.07) is 8.22. The molecule has 0 radical (unpaired) electrons. The number of nitrogens with zero attached hydrogens (tertiary/aromatic N) is 1. The van der Waals surface area contributed by atoms with Crippen molar-refractivity contribution in [3.8, 4) is 11.5 Å². The molecule has 0 heterocycles. The van der Waals surface area contributed by atoms with Crippen molar-refractivity contribution in [2.24, 2.45) is 4.99 Å². The average molecular weight is 420 g/mol. The zero-order valence-electron chi connectivity index (χ0n) is 15.2. The number of hydrogen-bond acceptors (Lipinski definition) is 4. The lowest BCUT2D eigenvalue weighted by Crippen LogP contribution is -2.09. The third kappa shape index (κ3) is 5.62. The van der Waals surface area contributed by atoms with E-state index in [-0.39, 0.29) is 11.5 Å². The summed E-state index contributed by atoms with van der Waals surface area (Å²) in [7, 11) is 0. The van der Waals surface area contributed by atoms with Gasteiger partial charge in [-0.25, -0.2) is 4.79 Å². The minimum absolute atomic E-state index is 0.104. The monoisotopic (exact) mass is 419 g/mol. The van der Waals surface area contributed by atoms with Gasteiger partial charge in [0.1, 0.15) is 11.5 Å². The van der Waals surface area contributed by atoms with E-state index < -0.39 is 12.6 Å². The van der Waals surface area contributed by atoms with Crippen LogP contribution in [0.15, 0.2) is 54.1 Å². The number of carboxylic acid groups (broad SMARTS) is 1. The maximum Gasteiger partial charge on any atom is 0.341 e. The van der Waals surface area contributed by atoms with Crippen LogP contribution in [0.5, 0.6) is 11.5 Å². The van der Waals surface area contributed by atoms with Gasteiger partial charge in [-0.15, -0.1) is 0 Å². The number of ether oxygens (including phenoxy) is 1. The van der Waals surface area contributed by atoms with Crippen LogP contribution in [-0.4, -0.2) is 29.0 Å². The van der Waals surface area contributed by atoms with Crippen LogP contribution in [0, 0.1) is 0 Å². The van der Waals surface area contributed by atoms with Gasteiger partial charge in [0.2, 0.25) is 0 Å². The fourth-order valence-electron chi connectivity index (χ4n) is 2.51. The van der Waals surface area contributed by atoms with Crippen molar-refractivity contribution in [2.75, 3.05) is 6.61 Å². The number of phenols is 1. The van der Waals surface area contributed by atoms with Crippen LogP contribution < -0.4 is 4.74 Å². The molecule has 0 spiro atoms. The summed E-state index contributed by atoms with van der Waals surface area (Å²) in [5, 5.41) is 19.6. The molecule has 0 fully saturated rings. The zero-order chi connectivity index (χ0) is 20.7. The molecule has 0 bridgehead atoms. The fraction of sp³-hybridized carbons (Fsp3) is 0.143. The largest absolute Gasteiger partial charge is 0.507 e. The third-order valence-electron chi connectivity index (χ3n) is 3.79. The number of carbonyl (C=O) groups is 1. The van der Waals surface area contributed by atoms with Gasteiger partial charge in [0.05, 0.1) is 5.70 Å². The van der Waals surface area contributed by atoms with Crippen LogP contribution in [0.2, 0.25) is 10.0 Å². The Morgan fingerprint density at radius 1 is 1.25 bits per heavy atom. The van der Waals surface area contributed by atoms with Crippen LogP contribution in [0.25, 0.3) is 5.70 Å². The minimum Gasteiger partial charge on any atom is -0.507 e. The first-order valence-corrected chi connectivity index (χ1v) is 9.07. The number of halogens is 2. The highest BCUT2D eigenvalue weighted by Crippen LogP contribution is 2.34. The standard InChI is InChI=1S/C21H19Cl2NO4/c1-3-7-24-19(4-2)16-9-13(5-6-20(16)25)8-15-17(22)10-14(11-18(15)23)28-12-21(26)27/h3-7,9-11,25H,1,8,12H2,2H3,(H,26,27)/b19-4-,24-7?. The van der Waals surface area contributed by atoms with Crippen molar-refractivity contribution < 1.29 is 19.7 Å². The molecule has 0 aromatic heterocycles. The highest BCUT2D eigenvalue weighted by atomic mass is 35.5. The molecule has 5 nitrogen and oxygen atoms in total. The Balaban J connectivity index is 2.33. The SMILES string of the molecule is C=CC=N/C(=C\C)c1cc(Cc2c(Cl)cc(OCC(=O)O)cc2Cl)ccc1O. The molecule has 0 aliphatic rings. The molecule has 2 N–H and O–H groups in total. The molecular formula is C21H19Cl2NO4.